The van der Waals surface area contributed by atoms with Crippen molar-refractivity contribution < 1.29 is 14.3 Å². The van der Waals surface area contributed by atoms with Gasteiger partial charge in [-0.05, 0) is 44.9 Å². The Bertz CT molecular complexity index is 489. The average molecular weight is 308 g/mol. The van der Waals surface area contributed by atoms with Crippen molar-refractivity contribution in [2.45, 2.75) is 58.7 Å². The molecule has 0 heterocycles. The fourth-order valence-corrected chi connectivity index (χ4v) is 2.15. The first-order valence-electron chi connectivity index (χ1n) is 7.79. The highest BCUT2D eigenvalue weighted by Crippen LogP contribution is 2.31. The van der Waals surface area contributed by atoms with Gasteiger partial charge in [0.25, 0.3) is 0 Å². The molecular weight excluding hydrogens is 280 g/mol. The van der Waals surface area contributed by atoms with Crippen molar-refractivity contribution in [2.24, 2.45) is 5.73 Å². The predicted octanol–water partition coefficient (Wildman–Crippen LogP) is 2.79. The minimum absolute atomic E-state index is 0.0731. The maximum atomic E-state index is 12.0. The third kappa shape index (κ3) is 5.22. The summed E-state index contributed by atoms with van der Waals surface area (Å²) >= 11 is 0. The molecule has 2 atom stereocenters. The molecule has 0 saturated carbocycles. The molecule has 5 heteroatoms. The standard InChI is InChI=1S/C17H28N2O3/c1-6-7-14(18)17(20)19-12(4)13-8-9-15(22-11(2)3)16(10-13)21-5/h8-12,14H,6-7,18H2,1-5H3,(H,19,20). The van der Waals surface area contributed by atoms with Crippen LogP contribution >= 0.6 is 0 Å². The molecule has 3 N–H and O–H groups in total. The molecule has 0 saturated heterocycles. The molecule has 5 nitrogen and oxygen atoms in total. The summed E-state index contributed by atoms with van der Waals surface area (Å²) in [5.74, 6) is 1.23. The molecule has 1 aromatic carbocycles. The van der Waals surface area contributed by atoms with Gasteiger partial charge < -0.3 is 20.5 Å². The van der Waals surface area contributed by atoms with E-state index in [-0.39, 0.29) is 18.1 Å². The van der Waals surface area contributed by atoms with E-state index in [1.54, 1.807) is 7.11 Å². The summed E-state index contributed by atoms with van der Waals surface area (Å²) in [5.41, 5.74) is 6.78. The highest BCUT2D eigenvalue weighted by atomic mass is 16.5. The summed E-state index contributed by atoms with van der Waals surface area (Å²) in [6.07, 6.45) is 1.64. The van der Waals surface area contributed by atoms with Crippen LogP contribution in [0.5, 0.6) is 11.5 Å². The molecular formula is C17H28N2O3. The van der Waals surface area contributed by atoms with Gasteiger partial charge >= 0.3 is 0 Å². The van der Waals surface area contributed by atoms with E-state index in [9.17, 15) is 4.79 Å². The summed E-state index contributed by atoms with van der Waals surface area (Å²) in [5, 5.41) is 2.93. The van der Waals surface area contributed by atoms with E-state index in [1.165, 1.54) is 0 Å². The van der Waals surface area contributed by atoms with Gasteiger partial charge in [0.2, 0.25) is 5.91 Å². The Morgan fingerprint density at radius 3 is 2.50 bits per heavy atom. The van der Waals surface area contributed by atoms with Crippen LogP contribution in [0.1, 0.15) is 52.1 Å². The fraction of sp³-hybridized carbons (Fsp3) is 0.588. The molecule has 0 aliphatic heterocycles. The van der Waals surface area contributed by atoms with E-state index in [0.29, 0.717) is 17.9 Å². The molecule has 0 aliphatic rings. The van der Waals surface area contributed by atoms with Crippen molar-refractivity contribution in [2.75, 3.05) is 7.11 Å². The number of nitrogens with one attached hydrogen (secondary N) is 1. The Kier molecular flexibility index (Phi) is 7.18. The molecule has 0 radical (unpaired) electrons. The maximum absolute atomic E-state index is 12.0. The second-order valence-electron chi connectivity index (χ2n) is 5.70. The van der Waals surface area contributed by atoms with Crippen LogP contribution in [0.3, 0.4) is 0 Å². The number of ether oxygens (including phenoxy) is 2. The number of rotatable bonds is 8. The minimum atomic E-state index is -0.460. The zero-order chi connectivity index (χ0) is 16.7. The Morgan fingerprint density at radius 1 is 1.27 bits per heavy atom. The van der Waals surface area contributed by atoms with E-state index in [1.807, 2.05) is 45.9 Å². The summed E-state index contributed by atoms with van der Waals surface area (Å²) < 4.78 is 11.1. The summed E-state index contributed by atoms with van der Waals surface area (Å²) in [7, 11) is 1.60. The van der Waals surface area contributed by atoms with E-state index in [4.69, 9.17) is 15.2 Å². The van der Waals surface area contributed by atoms with Gasteiger partial charge in [0, 0.05) is 0 Å². The van der Waals surface area contributed by atoms with Crippen molar-refractivity contribution >= 4 is 5.91 Å². The van der Waals surface area contributed by atoms with Gasteiger partial charge in [0.05, 0.1) is 25.3 Å². The minimum Gasteiger partial charge on any atom is -0.493 e. The van der Waals surface area contributed by atoms with Crippen molar-refractivity contribution in [1.82, 2.24) is 5.32 Å². The van der Waals surface area contributed by atoms with Crippen molar-refractivity contribution in [3.63, 3.8) is 0 Å². The van der Waals surface area contributed by atoms with Crippen molar-refractivity contribution in [3.05, 3.63) is 23.8 Å². The highest BCUT2D eigenvalue weighted by molar-refractivity contribution is 5.81. The van der Waals surface area contributed by atoms with Gasteiger partial charge in [0.15, 0.2) is 11.5 Å². The lowest BCUT2D eigenvalue weighted by molar-refractivity contribution is -0.123. The fourth-order valence-electron chi connectivity index (χ4n) is 2.15. The van der Waals surface area contributed by atoms with Crippen molar-refractivity contribution in [3.8, 4) is 11.5 Å². The number of hydrogen-bond donors (Lipinski definition) is 2. The van der Waals surface area contributed by atoms with Crippen LogP contribution in [0.25, 0.3) is 0 Å². The van der Waals surface area contributed by atoms with Crippen LogP contribution in [-0.2, 0) is 4.79 Å². The molecule has 1 aromatic rings. The van der Waals surface area contributed by atoms with Crippen LogP contribution < -0.4 is 20.5 Å². The smallest absolute Gasteiger partial charge is 0.237 e. The quantitative estimate of drug-likeness (QED) is 0.774. The normalized spacial score (nSPS) is 13.6. The van der Waals surface area contributed by atoms with Crippen LogP contribution in [-0.4, -0.2) is 25.2 Å². The summed E-state index contributed by atoms with van der Waals surface area (Å²) in [4.78, 5) is 12.0. The van der Waals surface area contributed by atoms with Crippen LogP contribution in [0.4, 0.5) is 0 Å². The SMILES string of the molecule is CCCC(N)C(=O)NC(C)c1ccc(OC(C)C)c(OC)c1. The van der Waals surface area contributed by atoms with Crippen LogP contribution in [0.2, 0.25) is 0 Å². The molecule has 22 heavy (non-hydrogen) atoms. The van der Waals surface area contributed by atoms with Crippen molar-refractivity contribution in [1.29, 1.82) is 0 Å². The van der Waals surface area contributed by atoms with Crippen LogP contribution in [0, 0.1) is 0 Å². The molecule has 124 valence electrons. The van der Waals surface area contributed by atoms with E-state index >= 15 is 0 Å². The molecule has 0 aromatic heterocycles. The first-order valence-corrected chi connectivity index (χ1v) is 7.79. The largest absolute Gasteiger partial charge is 0.493 e. The lowest BCUT2D eigenvalue weighted by atomic mass is 10.1. The number of hydrogen-bond acceptors (Lipinski definition) is 4. The number of carbonyl (C=O) groups is 1. The summed E-state index contributed by atoms with van der Waals surface area (Å²) in [6, 6.07) is 5.07. The average Bonchev–Trinajstić information content (AvgIpc) is 2.47. The monoisotopic (exact) mass is 308 g/mol. The lowest BCUT2D eigenvalue weighted by Gasteiger charge is -2.20. The van der Waals surface area contributed by atoms with Crippen LogP contribution in [0.15, 0.2) is 18.2 Å². The number of nitrogens with two attached hydrogens (primary N) is 1. The summed E-state index contributed by atoms with van der Waals surface area (Å²) in [6.45, 7) is 7.86. The number of benzene rings is 1. The predicted molar refractivity (Wildman–Crippen MR) is 88.2 cm³/mol. The third-order valence-corrected chi connectivity index (χ3v) is 3.35. The zero-order valence-corrected chi connectivity index (χ0v) is 14.2. The van der Waals surface area contributed by atoms with E-state index in [0.717, 1.165) is 12.0 Å². The topological polar surface area (TPSA) is 73.6 Å². The lowest BCUT2D eigenvalue weighted by Crippen LogP contribution is -2.41. The highest BCUT2D eigenvalue weighted by Gasteiger charge is 2.17. The van der Waals surface area contributed by atoms with E-state index in [2.05, 4.69) is 5.32 Å². The molecule has 0 spiro atoms. The number of amides is 1. The van der Waals surface area contributed by atoms with Gasteiger partial charge in [0.1, 0.15) is 0 Å². The molecule has 0 fully saturated rings. The first kappa shape index (κ1) is 18.3. The molecule has 2 unspecified atom stereocenters. The van der Waals surface area contributed by atoms with E-state index < -0.39 is 6.04 Å². The Morgan fingerprint density at radius 2 is 1.95 bits per heavy atom. The first-order chi connectivity index (χ1) is 10.4. The molecule has 0 bridgehead atoms. The van der Waals surface area contributed by atoms with Gasteiger partial charge in [-0.2, -0.15) is 0 Å². The van der Waals surface area contributed by atoms with Gasteiger partial charge in [-0.15, -0.1) is 0 Å². The second kappa shape index (κ2) is 8.63. The molecule has 1 amide bonds. The Balaban J connectivity index is 2.81. The Labute approximate surface area is 133 Å². The molecule has 1 rings (SSSR count). The Hall–Kier alpha value is -1.75. The van der Waals surface area contributed by atoms with Gasteiger partial charge in [-0.1, -0.05) is 19.4 Å². The zero-order valence-electron chi connectivity index (χ0n) is 14.2. The second-order valence-corrected chi connectivity index (χ2v) is 5.70. The third-order valence-electron chi connectivity index (χ3n) is 3.35. The maximum Gasteiger partial charge on any atom is 0.237 e. The molecule has 0 aliphatic carbocycles. The van der Waals surface area contributed by atoms with Gasteiger partial charge in [-0.25, -0.2) is 0 Å². The van der Waals surface area contributed by atoms with Gasteiger partial charge in [-0.3, -0.25) is 4.79 Å². The number of carbonyl (C=O) groups excluding carboxylic acids is 1. The number of methoxy groups -OCH3 is 1.